The fourth-order valence-electron chi connectivity index (χ4n) is 1.46. The lowest BCUT2D eigenvalue weighted by Crippen LogP contribution is -2.14. The molecule has 0 saturated heterocycles. The van der Waals surface area contributed by atoms with E-state index >= 15 is 0 Å². The average molecular weight is 363 g/mol. The van der Waals surface area contributed by atoms with Crippen LogP contribution in [0, 0.1) is 11.6 Å². The third-order valence-corrected chi connectivity index (χ3v) is 4.47. The Morgan fingerprint density at radius 2 is 1.80 bits per heavy atom. The highest BCUT2D eigenvalue weighted by Gasteiger charge is 2.17. The van der Waals surface area contributed by atoms with Crippen molar-refractivity contribution in [2.24, 2.45) is 0 Å². The van der Waals surface area contributed by atoms with Crippen molar-refractivity contribution in [1.29, 1.82) is 0 Å². The lowest BCUT2D eigenvalue weighted by Gasteiger charge is -2.10. The lowest BCUT2D eigenvalue weighted by molar-refractivity contribution is 0.599. The smallest absolute Gasteiger partial charge is 0.262 e. The molecule has 2 aromatic rings. The maximum Gasteiger partial charge on any atom is 0.262 e. The Morgan fingerprint density at radius 3 is 2.40 bits per heavy atom. The fraction of sp³-hybridized carbons (Fsp3) is 0. The third-order valence-electron chi connectivity index (χ3n) is 2.45. The van der Waals surface area contributed by atoms with E-state index in [9.17, 15) is 17.2 Å². The van der Waals surface area contributed by atoms with Crippen LogP contribution in [-0.4, -0.2) is 8.42 Å². The first kappa shape index (κ1) is 14.7. The number of rotatable bonds is 3. The number of halogens is 3. The van der Waals surface area contributed by atoms with Crippen molar-refractivity contribution < 1.29 is 17.2 Å². The minimum Gasteiger partial charge on any atom is -0.396 e. The molecule has 0 unspecified atom stereocenters. The van der Waals surface area contributed by atoms with Crippen LogP contribution in [0.15, 0.2) is 45.8 Å². The van der Waals surface area contributed by atoms with Gasteiger partial charge < -0.3 is 5.73 Å². The molecule has 0 aliphatic rings. The van der Waals surface area contributed by atoms with Crippen LogP contribution in [0.5, 0.6) is 0 Å². The molecule has 0 bridgehead atoms. The Labute approximate surface area is 122 Å². The van der Waals surface area contributed by atoms with E-state index in [1.807, 2.05) is 0 Å². The van der Waals surface area contributed by atoms with Crippen molar-refractivity contribution in [3.05, 3.63) is 52.5 Å². The first-order chi connectivity index (χ1) is 9.29. The minimum absolute atomic E-state index is 0.161. The highest BCUT2D eigenvalue weighted by atomic mass is 79.9. The number of nitrogens with one attached hydrogen (secondary N) is 1. The highest BCUT2D eigenvalue weighted by molar-refractivity contribution is 9.10. The predicted octanol–water partition coefficient (Wildman–Crippen LogP) is 3.11. The maximum absolute atomic E-state index is 13.0. The molecule has 0 saturated carbocycles. The number of hydrogen-bond acceptors (Lipinski definition) is 3. The summed E-state index contributed by atoms with van der Waals surface area (Å²) in [7, 11) is -3.94. The Balaban J connectivity index is 2.38. The van der Waals surface area contributed by atoms with Gasteiger partial charge in [0.1, 0.15) is 11.6 Å². The Kier molecular flexibility index (Phi) is 3.96. The van der Waals surface area contributed by atoms with Crippen LogP contribution in [-0.2, 0) is 10.0 Å². The van der Waals surface area contributed by atoms with E-state index in [1.165, 1.54) is 6.07 Å². The zero-order chi connectivity index (χ0) is 14.9. The highest BCUT2D eigenvalue weighted by Crippen LogP contribution is 2.26. The van der Waals surface area contributed by atoms with Crippen LogP contribution in [0.1, 0.15) is 0 Å². The summed E-state index contributed by atoms with van der Waals surface area (Å²) in [4.78, 5) is -0.187. The van der Waals surface area contributed by atoms with E-state index in [4.69, 9.17) is 5.73 Å². The van der Waals surface area contributed by atoms with Crippen LogP contribution in [0.4, 0.5) is 20.2 Å². The normalized spacial score (nSPS) is 11.3. The Hall–Kier alpha value is -1.67. The molecule has 0 amide bonds. The first-order valence-corrected chi connectivity index (χ1v) is 7.60. The summed E-state index contributed by atoms with van der Waals surface area (Å²) in [5.74, 6) is -1.21. The van der Waals surface area contributed by atoms with Crippen molar-refractivity contribution in [1.82, 2.24) is 0 Å². The molecular formula is C12H9BrF2N2O2S. The number of benzene rings is 2. The van der Waals surface area contributed by atoms with Gasteiger partial charge in [-0.05, 0) is 52.3 Å². The van der Waals surface area contributed by atoms with E-state index in [0.717, 1.165) is 30.3 Å². The van der Waals surface area contributed by atoms with Crippen LogP contribution in [0.3, 0.4) is 0 Å². The minimum atomic E-state index is -3.94. The number of nitrogen functional groups attached to an aromatic ring is 1. The molecule has 20 heavy (non-hydrogen) atoms. The standard InChI is InChI=1S/C12H9BrF2N2O2S/c13-9-5-7(14)1-4-12(9)17-20(18,19)8-2-3-10(15)11(16)6-8/h1-6,17H,16H2. The topological polar surface area (TPSA) is 72.2 Å². The molecule has 0 atom stereocenters. The second kappa shape index (κ2) is 5.37. The van der Waals surface area contributed by atoms with Gasteiger partial charge in [0.05, 0.1) is 16.3 Å². The van der Waals surface area contributed by atoms with Crippen LogP contribution >= 0.6 is 15.9 Å². The average Bonchev–Trinajstić information content (AvgIpc) is 2.36. The van der Waals surface area contributed by atoms with Gasteiger partial charge in [0.25, 0.3) is 10.0 Å². The lowest BCUT2D eigenvalue weighted by atomic mass is 10.3. The molecule has 0 spiro atoms. The van der Waals surface area contributed by atoms with Gasteiger partial charge >= 0.3 is 0 Å². The van der Waals surface area contributed by atoms with E-state index in [-0.39, 0.29) is 20.7 Å². The molecule has 2 aromatic carbocycles. The van der Waals surface area contributed by atoms with E-state index in [2.05, 4.69) is 20.7 Å². The van der Waals surface area contributed by atoms with Gasteiger partial charge in [-0.2, -0.15) is 0 Å². The molecule has 3 N–H and O–H groups in total. The van der Waals surface area contributed by atoms with E-state index in [0.29, 0.717) is 0 Å². The molecule has 0 aliphatic carbocycles. The number of sulfonamides is 1. The summed E-state index contributed by atoms with van der Waals surface area (Å²) in [6.07, 6.45) is 0. The van der Waals surface area contributed by atoms with Crippen molar-refractivity contribution in [3.8, 4) is 0 Å². The summed E-state index contributed by atoms with van der Waals surface area (Å²) in [6.45, 7) is 0. The van der Waals surface area contributed by atoms with Crippen LogP contribution in [0.25, 0.3) is 0 Å². The molecule has 8 heteroatoms. The van der Waals surface area contributed by atoms with Crippen LogP contribution < -0.4 is 10.5 Å². The third kappa shape index (κ3) is 3.07. The van der Waals surface area contributed by atoms with Gasteiger partial charge in [0.15, 0.2) is 0 Å². The van der Waals surface area contributed by atoms with Gasteiger partial charge in [-0.25, -0.2) is 17.2 Å². The van der Waals surface area contributed by atoms with Crippen LogP contribution in [0.2, 0.25) is 0 Å². The summed E-state index contributed by atoms with van der Waals surface area (Å²) in [5, 5.41) is 0. The summed E-state index contributed by atoms with van der Waals surface area (Å²) in [6, 6.07) is 6.56. The summed E-state index contributed by atoms with van der Waals surface area (Å²) < 4.78 is 52.7. The molecular weight excluding hydrogens is 354 g/mol. The molecule has 0 aromatic heterocycles. The summed E-state index contributed by atoms with van der Waals surface area (Å²) >= 11 is 3.05. The molecule has 4 nitrogen and oxygen atoms in total. The first-order valence-electron chi connectivity index (χ1n) is 5.32. The zero-order valence-electron chi connectivity index (χ0n) is 9.90. The maximum atomic E-state index is 13.0. The quantitative estimate of drug-likeness (QED) is 0.824. The number of anilines is 2. The molecule has 106 valence electrons. The number of nitrogens with two attached hydrogens (primary N) is 1. The summed E-state index contributed by atoms with van der Waals surface area (Å²) in [5.41, 5.74) is 5.22. The van der Waals surface area contributed by atoms with Gasteiger partial charge in [-0.3, -0.25) is 4.72 Å². The number of hydrogen-bond donors (Lipinski definition) is 2. The molecule has 0 heterocycles. The predicted molar refractivity (Wildman–Crippen MR) is 75.7 cm³/mol. The molecule has 2 rings (SSSR count). The SMILES string of the molecule is Nc1cc(S(=O)(=O)Nc2ccc(F)cc2Br)ccc1F. The van der Waals surface area contributed by atoms with Gasteiger partial charge in [0.2, 0.25) is 0 Å². The second-order valence-corrected chi connectivity index (χ2v) is 6.45. The van der Waals surface area contributed by atoms with E-state index < -0.39 is 21.7 Å². The monoisotopic (exact) mass is 362 g/mol. The largest absolute Gasteiger partial charge is 0.396 e. The molecule has 0 fully saturated rings. The second-order valence-electron chi connectivity index (χ2n) is 3.91. The van der Waals surface area contributed by atoms with Gasteiger partial charge in [-0.15, -0.1) is 0 Å². The fourth-order valence-corrected chi connectivity index (χ4v) is 3.16. The van der Waals surface area contributed by atoms with E-state index in [1.54, 1.807) is 0 Å². The Bertz CT molecular complexity index is 766. The molecule has 0 aliphatic heterocycles. The van der Waals surface area contributed by atoms with Crippen molar-refractivity contribution in [2.75, 3.05) is 10.5 Å². The van der Waals surface area contributed by atoms with Crippen molar-refractivity contribution >= 4 is 37.3 Å². The Morgan fingerprint density at radius 1 is 1.10 bits per heavy atom. The van der Waals surface area contributed by atoms with Crippen molar-refractivity contribution in [3.63, 3.8) is 0 Å². The zero-order valence-corrected chi connectivity index (χ0v) is 12.3. The molecule has 0 radical (unpaired) electrons. The van der Waals surface area contributed by atoms with Gasteiger partial charge in [-0.1, -0.05) is 0 Å². The van der Waals surface area contributed by atoms with Crippen molar-refractivity contribution in [2.45, 2.75) is 4.90 Å². The van der Waals surface area contributed by atoms with Gasteiger partial charge in [0, 0.05) is 4.47 Å².